The van der Waals surface area contributed by atoms with Gasteiger partial charge in [-0.1, -0.05) is 6.08 Å². The number of carboxylic acids is 1. The van der Waals surface area contributed by atoms with Gasteiger partial charge in [-0.3, -0.25) is 9.88 Å². The van der Waals surface area contributed by atoms with Crippen LogP contribution in [0.2, 0.25) is 0 Å². The molecule has 0 radical (unpaired) electrons. The molecule has 48 heavy (non-hydrogen) atoms. The van der Waals surface area contributed by atoms with Crippen LogP contribution in [0.3, 0.4) is 0 Å². The number of rotatable bonds is 6. The zero-order valence-corrected chi connectivity index (χ0v) is 25.8. The third kappa shape index (κ3) is 8.66. The molecule has 4 heterocycles. The number of ether oxygens (including phenoxy) is 1. The van der Waals surface area contributed by atoms with Crippen LogP contribution in [0.1, 0.15) is 35.6 Å². The van der Waals surface area contributed by atoms with Crippen molar-refractivity contribution in [3.63, 3.8) is 0 Å². The number of carbonyl (C=O) groups is 1. The molecule has 3 N–H and O–H groups in total. The molecule has 0 saturated carbocycles. The third-order valence-corrected chi connectivity index (χ3v) is 8.45. The van der Waals surface area contributed by atoms with Gasteiger partial charge in [-0.05, 0) is 91.5 Å². The minimum atomic E-state index is -5.08. The summed E-state index contributed by atoms with van der Waals surface area (Å²) >= 11 is 5.50. The number of hydrogen-bond donors (Lipinski definition) is 3. The molecule has 260 valence electrons. The fourth-order valence-electron chi connectivity index (χ4n) is 5.99. The van der Waals surface area contributed by atoms with Crippen LogP contribution in [0.5, 0.6) is 5.75 Å². The van der Waals surface area contributed by atoms with E-state index in [9.17, 15) is 39.5 Å². The second-order valence-electron chi connectivity index (χ2n) is 11.2. The highest BCUT2D eigenvalue weighted by Gasteiger charge is 2.43. The average molecular weight is 709 g/mol. The van der Waals surface area contributed by atoms with Crippen LogP contribution in [0.15, 0.2) is 61.3 Å². The van der Waals surface area contributed by atoms with E-state index in [0.717, 1.165) is 36.9 Å². The highest BCUT2D eigenvalue weighted by molar-refractivity contribution is 7.80. The molecule has 2 aromatic carbocycles. The average Bonchev–Trinajstić information content (AvgIpc) is 3.02. The summed E-state index contributed by atoms with van der Waals surface area (Å²) in [6, 6.07) is 8.15. The van der Waals surface area contributed by atoms with Gasteiger partial charge in [0.2, 0.25) is 0 Å². The summed E-state index contributed by atoms with van der Waals surface area (Å²) in [5.41, 5.74) is -1.71. The Hall–Kier alpha value is -4.12. The molecule has 0 amide bonds. The lowest BCUT2D eigenvalue weighted by Gasteiger charge is -2.52. The normalized spacial score (nSPS) is 21.5. The Morgan fingerprint density at radius 2 is 1.69 bits per heavy atom. The lowest BCUT2D eigenvalue weighted by atomic mass is 9.73. The van der Waals surface area contributed by atoms with Gasteiger partial charge in [0.15, 0.2) is 5.11 Å². The summed E-state index contributed by atoms with van der Waals surface area (Å²) < 4.78 is 118. The summed E-state index contributed by atoms with van der Waals surface area (Å²) in [5, 5.41) is 13.6. The summed E-state index contributed by atoms with van der Waals surface area (Å²) in [7, 11) is 1.55. The first kappa shape index (κ1) is 36.7. The summed E-state index contributed by atoms with van der Waals surface area (Å²) in [6.45, 7) is 5.63. The summed E-state index contributed by atoms with van der Waals surface area (Å²) in [6.07, 6.45) is -9.56. The fraction of sp³-hybridized carbons (Fsp3) is 0.387. The van der Waals surface area contributed by atoms with E-state index in [1.54, 1.807) is 19.4 Å². The number of alkyl halides is 9. The third-order valence-electron chi connectivity index (χ3n) is 8.23. The number of piperidine rings is 3. The number of halogens is 9. The molecule has 1 unspecified atom stereocenters. The molecule has 17 heteroatoms. The van der Waals surface area contributed by atoms with Gasteiger partial charge >= 0.3 is 24.5 Å². The fourth-order valence-corrected chi connectivity index (χ4v) is 6.23. The standard InChI is InChI=1S/C29H28F6N4OS.C2HF3O2/c1-3-16-15-39-9-7-17(16)10-25(39)26(22-6-8-36-24-5-4-21(40-2)14-23(22)24)38-27(41)37-20-12-18(28(30,31)32)11-19(13-20)29(33,34)35;3-2(4,5)1(6)7/h3-6,8,11-14,16-17,25-26H,1,7,9-10,15H2,2H3,(H2,37,38,41);(H,6,7)/t16-,17-,25-,26-;/m0./s1. The van der Waals surface area contributed by atoms with E-state index in [1.807, 2.05) is 24.3 Å². The van der Waals surface area contributed by atoms with E-state index in [1.165, 1.54) is 0 Å². The smallest absolute Gasteiger partial charge is 0.490 e. The Bertz CT molecular complexity index is 1630. The SMILES string of the molecule is C=C[C@H]1CN2CC[C@H]1C[C@H]2[C@@H](NC(=S)Nc1cc(C(F)(F)F)cc(C(F)(F)F)c1)c1ccnc2ccc(OC)cc12.O=C(O)C(F)(F)F. The van der Waals surface area contributed by atoms with Crippen molar-refractivity contribution in [1.82, 2.24) is 15.2 Å². The molecule has 0 spiro atoms. The van der Waals surface area contributed by atoms with E-state index in [0.29, 0.717) is 35.2 Å². The lowest BCUT2D eigenvalue weighted by molar-refractivity contribution is -0.192. The van der Waals surface area contributed by atoms with Crippen molar-refractivity contribution < 1.29 is 54.2 Å². The van der Waals surface area contributed by atoms with Crippen molar-refractivity contribution >= 4 is 39.9 Å². The number of fused-ring (bicyclic) bond motifs is 4. The first-order chi connectivity index (χ1) is 22.3. The molecule has 2 bridgehead atoms. The number of nitrogens with one attached hydrogen (secondary N) is 2. The van der Waals surface area contributed by atoms with Gasteiger partial charge in [0, 0.05) is 29.9 Å². The zero-order chi connectivity index (χ0) is 35.6. The summed E-state index contributed by atoms with van der Waals surface area (Å²) in [5.74, 6) is -1.40. The molecule has 3 aliphatic rings. The molecule has 3 saturated heterocycles. The predicted molar refractivity (Wildman–Crippen MR) is 162 cm³/mol. The molecule has 1 aromatic heterocycles. The maximum absolute atomic E-state index is 13.4. The van der Waals surface area contributed by atoms with Crippen LogP contribution >= 0.6 is 12.2 Å². The molecular formula is C31H29F9N4O3S. The Balaban J connectivity index is 0.000000671. The van der Waals surface area contributed by atoms with Crippen molar-refractivity contribution in [2.45, 2.75) is 43.5 Å². The van der Waals surface area contributed by atoms with Crippen molar-refractivity contribution in [3.8, 4) is 5.75 Å². The van der Waals surface area contributed by atoms with Crippen LogP contribution in [0, 0.1) is 11.8 Å². The topological polar surface area (TPSA) is 86.7 Å². The Labute approximate surface area is 273 Å². The zero-order valence-electron chi connectivity index (χ0n) is 25.0. The number of pyridine rings is 1. The number of methoxy groups -OCH3 is 1. The minimum absolute atomic E-state index is 0.0475. The molecule has 5 atom stereocenters. The molecule has 3 aliphatic heterocycles. The second-order valence-corrected chi connectivity index (χ2v) is 11.6. The van der Waals surface area contributed by atoms with Gasteiger partial charge in [0.25, 0.3) is 0 Å². The van der Waals surface area contributed by atoms with Crippen molar-refractivity contribution in [1.29, 1.82) is 0 Å². The number of thiocarbonyl (C=S) groups is 1. The van der Waals surface area contributed by atoms with Crippen LogP contribution in [0.4, 0.5) is 45.2 Å². The first-order valence-electron chi connectivity index (χ1n) is 14.3. The number of nitrogens with zero attached hydrogens (tertiary/aromatic N) is 2. The molecular weight excluding hydrogens is 679 g/mol. The van der Waals surface area contributed by atoms with Crippen LogP contribution in [0.25, 0.3) is 10.9 Å². The van der Waals surface area contributed by atoms with E-state index < -0.39 is 47.4 Å². The highest BCUT2D eigenvalue weighted by Crippen LogP contribution is 2.43. The van der Waals surface area contributed by atoms with E-state index in [4.69, 9.17) is 26.9 Å². The predicted octanol–water partition coefficient (Wildman–Crippen LogP) is 7.84. The number of aliphatic carboxylic acids is 1. The lowest BCUT2D eigenvalue weighted by Crippen LogP contribution is -2.57. The van der Waals surface area contributed by atoms with E-state index in [-0.39, 0.29) is 17.2 Å². The Morgan fingerprint density at radius 1 is 1.06 bits per heavy atom. The Morgan fingerprint density at radius 3 is 2.19 bits per heavy atom. The van der Waals surface area contributed by atoms with Gasteiger partial charge in [-0.15, -0.1) is 6.58 Å². The number of hydrogen-bond acceptors (Lipinski definition) is 5. The largest absolute Gasteiger partial charge is 0.497 e. The van der Waals surface area contributed by atoms with E-state index >= 15 is 0 Å². The van der Waals surface area contributed by atoms with Gasteiger partial charge in [0.1, 0.15) is 5.75 Å². The van der Waals surface area contributed by atoms with Gasteiger partial charge in [0.05, 0.1) is 29.8 Å². The summed E-state index contributed by atoms with van der Waals surface area (Å²) in [4.78, 5) is 15.7. The van der Waals surface area contributed by atoms with Crippen molar-refractivity contribution in [3.05, 3.63) is 78.0 Å². The number of anilines is 1. The molecule has 3 fully saturated rings. The quantitative estimate of drug-likeness (QED) is 0.136. The number of benzene rings is 2. The van der Waals surface area contributed by atoms with Gasteiger partial charge < -0.3 is 20.5 Å². The van der Waals surface area contributed by atoms with Crippen LogP contribution in [-0.2, 0) is 17.1 Å². The first-order valence-corrected chi connectivity index (χ1v) is 14.7. The highest BCUT2D eigenvalue weighted by atomic mass is 32.1. The van der Waals surface area contributed by atoms with Gasteiger partial charge in [-0.2, -0.15) is 39.5 Å². The molecule has 3 aromatic rings. The monoisotopic (exact) mass is 708 g/mol. The molecule has 7 nitrogen and oxygen atoms in total. The van der Waals surface area contributed by atoms with Crippen molar-refractivity contribution in [2.24, 2.45) is 11.8 Å². The van der Waals surface area contributed by atoms with Crippen LogP contribution < -0.4 is 15.4 Å². The Kier molecular flexibility index (Phi) is 10.8. The van der Waals surface area contributed by atoms with Gasteiger partial charge in [-0.25, -0.2) is 4.79 Å². The molecule has 6 rings (SSSR count). The van der Waals surface area contributed by atoms with E-state index in [2.05, 4.69) is 27.1 Å². The maximum atomic E-state index is 13.4. The van der Waals surface area contributed by atoms with Crippen LogP contribution in [-0.4, -0.2) is 58.5 Å². The minimum Gasteiger partial charge on any atom is -0.497 e. The molecule has 0 aliphatic carbocycles. The number of carboxylic acid groups (broad SMARTS) is 1. The van der Waals surface area contributed by atoms with Crippen molar-refractivity contribution in [2.75, 3.05) is 25.5 Å². The maximum Gasteiger partial charge on any atom is 0.490 e. The second kappa shape index (κ2) is 14.2. The number of aromatic nitrogens is 1.